The summed E-state index contributed by atoms with van der Waals surface area (Å²) in [5.74, 6) is 1.47. The monoisotopic (exact) mass is 446 g/mol. The fourth-order valence-electron chi connectivity index (χ4n) is 3.35. The molecule has 33 heavy (non-hydrogen) atoms. The molecule has 1 amide bonds. The molecule has 5 heteroatoms. The van der Waals surface area contributed by atoms with Crippen LogP contribution in [0.3, 0.4) is 0 Å². The average molecular weight is 447 g/mol. The van der Waals surface area contributed by atoms with Crippen molar-refractivity contribution < 1.29 is 14.3 Å². The Morgan fingerprint density at radius 3 is 2.33 bits per heavy atom. The highest BCUT2D eigenvalue weighted by atomic mass is 16.5. The van der Waals surface area contributed by atoms with E-state index in [1.165, 1.54) is 25.7 Å². The van der Waals surface area contributed by atoms with Crippen LogP contribution >= 0.6 is 0 Å². The first kappa shape index (κ1) is 24.2. The van der Waals surface area contributed by atoms with Crippen molar-refractivity contribution in [3.05, 3.63) is 84.4 Å². The zero-order chi connectivity index (χ0) is 23.1. The topological polar surface area (TPSA) is 59.6 Å². The van der Waals surface area contributed by atoms with E-state index in [4.69, 9.17) is 9.47 Å². The third-order valence-corrected chi connectivity index (χ3v) is 5.19. The van der Waals surface area contributed by atoms with Gasteiger partial charge in [0.1, 0.15) is 18.1 Å². The van der Waals surface area contributed by atoms with Gasteiger partial charge in [-0.15, -0.1) is 0 Å². The first-order valence-corrected chi connectivity index (χ1v) is 11.8. The van der Waals surface area contributed by atoms with Crippen LogP contribution in [0.15, 0.2) is 78.9 Å². The van der Waals surface area contributed by atoms with Crippen molar-refractivity contribution in [3.63, 3.8) is 0 Å². The lowest BCUT2D eigenvalue weighted by atomic mass is 10.2. The van der Waals surface area contributed by atoms with Gasteiger partial charge in [-0.3, -0.25) is 4.79 Å². The van der Waals surface area contributed by atoms with E-state index in [9.17, 15) is 4.79 Å². The summed E-state index contributed by atoms with van der Waals surface area (Å²) in [5, 5.41) is 6.05. The van der Waals surface area contributed by atoms with Crippen LogP contribution in [0.5, 0.6) is 11.5 Å². The number of unbranched alkanes of at least 4 members (excludes halogenated alkanes) is 4. The fourth-order valence-corrected chi connectivity index (χ4v) is 3.35. The molecule has 0 aliphatic carbocycles. The van der Waals surface area contributed by atoms with Gasteiger partial charge in [0.05, 0.1) is 13.2 Å². The molecule has 0 unspecified atom stereocenters. The van der Waals surface area contributed by atoms with Crippen LogP contribution in [0, 0.1) is 0 Å². The van der Waals surface area contributed by atoms with E-state index in [2.05, 4.69) is 17.6 Å². The highest BCUT2D eigenvalue weighted by Crippen LogP contribution is 2.19. The van der Waals surface area contributed by atoms with Gasteiger partial charge in [-0.1, -0.05) is 69.0 Å². The van der Waals surface area contributed by atoms with Crippen LogP contribution in [0.2, 0.25) is 0 Å². The summed E-state index contributed by atoms with van der Waals surface area (Å²) in [7, 11) is 0. The summed E-state index contributed by atoms with van der Waals surface area (Å²) in [4.78, 5) is 12.3. The van der Waals surface area contributed by atoms with Gasteiger partial charge in [0, 0.05) is 17.4 Å². The number of nitrogens with one attached hydrogen (secondary N) is 2. The SMILES string of the molecule is CCCCCCCOc1ccc(NC(=O)CNc2cccc(OCc3ccccc3)c2)cc1. The molecule has 3 aromatic rings. The largest absolute Gasteiger partial charge is 0.494 e. The smallest absolute Gasteiger partial charge is 0.243 e. The molecule has 0 radical (unpaired) electrons. The minimum Gasteiger partial charge on any atom is -0.494 e. The van der Waals surface area contributed by atoms with E-state index >= 15 is 0 Å². The van der Waals surface area contributed by atoms with Gasteiger partial charge in [-0.05, 0) is 48.4 Å². The van der Waals surface area contributed by atoms with E-state index in [1.54, 1.807) is 0 Å². The maximum atomic E-state index is 12.3. The molecule has 2 N–H and O–H groups in total. The summed E-state index contributed by atoms with van der Waals surface area (Å²) in [6.45, 7) is 3.61. The lowest BCUT2D eigenvalue weighted by Gasteiger charge is -2.11. The highest BCUT2D eigenvalue weighted by Gasteiger charge is 2.04. The molecule has 0 heterocycles. The Balaban J connectivity index is 1.37. The summed E-state index contributed by atoms with van der Waals surface area (Å²) in [6.07, 6.45) is 6.08. The molecule has 0 aliphatic heterocycles. The highest BCUT2D eigenvalue weighted by molar-refractivity contribution is 5.93. The average Bonchev–Trinajstić information content (AvgIpc) is 2.85. The van der Waals surface area contributed by atoms with Crippen LogP contribution in [0.1, 0.15) is 44.6 Å². The first-order valence-electron chi connectivity index (χ1n) is 11.8. The zero-order valence-electron chi connectivity index (χ0n) is 19.4. The number of hydrogen-bond donors (Lipinski definition) is 2. The number of carbonyl (C=O) groups excluding carboxylic acids is 1. The maximum Gasteiger partial charge on any atom is 0.243 e. The van der Waals surface area contributed by atoms with Crippen LogP contribution in [0.25, 0.3) is 0 Å². The van der Waals surface area contributed by atoms with Crippen LogP contribution in [0.4, 0.5) is 11.4 Å². The molecule has 5 nitrogen and oxygen atoms in total. The fraction of sp³-hybridized carbons (Fsp3) is 0.321. The third-order valence-electron chi connectivity index (χ3n) is 5.19. The van der Waals surface area contributed by atoms with E-state index in [0.29, 0.717) is 6.61 Å². The molecule has 0 aliphatic rings. The number of benzene rings is 3. The summed E-state index contributed by atoms with van der Waals surface area (Å²) in [5.41, 5.74) is 2.69. The van der Waals surface area contributed by atoms with Gasteiger partial charge in [-0.25, -0.2) is 0 Å². The van der Waals surface area contributed by atoms with E-state index in [0.717, 1.165) is 41.5 Å². The van der Waals surface area contributed by atoms with Gasteiger partial charge in [0.25, 0.3) is 0 Å². The van der Waals surface area contributed by atoms with Crippen molar-refractivity contribution in [1.29, 1.82) is 0 Å². The van der Waals surface area contributed by atoms with E-state index < -0.39 is 0 Å². The zero-order valence-corrected chi connectivity index (χ0v) is 19.4. The van der Waals surface area contributed by atoms with Gasteiger partial charge in [-0.2, -0.15) is 0 Å². The molecule has 0 fully saturated rings. The van der Waals surface area contributed by atoms with Gasteiger partial charge in [0.2, 0.25) is 5.91 Å². The Hall–Kier alpha value is -3.47. The second kappa shape index (κ2) is 13.8. The molecule has 0 spiro atoms. The van der Waals surface area contributed by atoms with Crippen molar-refractivity contribution in [2.45, 2.75) is 45.6 Å². The van der Waals surface area contributed by atoms with E-state index in [1.807, 2.05) is 78.9 Å². The van der Waals surface area contributed by atoms with E-state index in [-0.39, 0.29) is 12.5 Å². The summed E-state index contributed by atoms with van der Waals surface area (Å²) < 4.78 is 11.6. The van der Waals surface area contributed by atoms with Crippen LogP contribution in [-0.4, -0.2) is 19.1 Å². The summed E-state index contributed by atoms with van der Waals surface area (Å²) >= 11 is 0. The van der Waals surface area contributed by atoms with Crippen LogP contribution in [-0.2, 0) is 11.4 Å². The molecular formula is C28H34N2O3. The number of amides is 1. The molecule has 0 bridgehead atoms. The predicted octanol–water partition coefficient (Wildman–Crippen LogP) is 6.67. The second-order valence-electron chi connectivity index (χ2n) is 7.99. The Labute approximate surface area is 197 Å². The van der Waals surface area contributed by atoms with Crippen molar-refractivity contribution >= 4 is 17.3 Å². The normalized spacial score (nSPS) is 10.5. The Morgan fingerprint density at radius 2 is 1.55 bits per heavy atom. The molecule has 174 valence electrons. The molecule has 3 aromatic carbocycles. The van der Waals surface area contributed by atoms with Crippen molar-refractivity contribution in [1.82, 2.24) is 0 Å². The van der Waals surface area contributed by atoms with Gasteiger partial charge in [0.15, 0.2) is 0 Å². The molecule has 0 saturated carbocycles. The number of rotatable bonds is 14. The molecule has 0 saturated heterocycles. The maximum absolute atomic E-state index is 12.3. The van der Waals surface area contributed by atoms with Gasteiger partial charge >= 0.3 is 0 Å². The lowest BCUT2D eigenvalue weighted by molar-refractivity contribution is -0.114. The molecular weight excluding hydrogens is 412 g/mol. The number of carbonyl (C=O) groups is 1. The minimum atomic E-state index is -0.116. The Kier molecular flexibility index (Phi) is 10.1. The Bertz CT molecular complexity index is 958. The second-order valence-corrected chi connectivity index (χ2v) is 7.99. The lowest BCUT2D eigenvalue weighted by Crippen LogP contribution is -2.21. The quantitative estimate of drug-likeness (QED) is 0.272. The van der Waals surface area contributed by atoms with Crippen molar-refractivity contribution in [2.75, 3.05) is 23.8 Å². The summed E-state index contributed by atoms with van der Waals surface area (Å²) in [6, 6.07) is 25.2. The molecule has 0 atom stereocenters. The number of ether oxygens (including phenoxy) is 2. The third kappa shape index (κ3) is 9.27. The standard InChI is InChI=1S/C28H34N2O3/c1-2-3-4-5-9-19-32-26-17-15-24(16-18-26)30-28(31)21-29-25-13-10-14-27(20-25)33-22-23-11-7-6-8-12-23/h6-8,10-18,20,29H,2-5,9,19,21-22H2,1H3,(H,30,31). The predicted molar refractivity (Wildman–Crippen MR) is 135 cm³/mol. The van der Waals surface area contributed by atoms with Crippen LogP contribution < -0.4 is 20.1 Å². The van der Waals surface area contributed by atoms with Crippen molar-refractivity contribution in [3.8, 4) is 11.5 Å². The number of anilines is 2. The first-order chi connectivity index (χ1) is 16.2. The number of hydrogen-bond acceptors (Lipinski definition) is 4. The minimum absolute atomic E-state index is 0.116. The Morgan fingerprint density at radius 1 is 0.758 bits per heavy atom. The molecule has 0 aromatic heterocycles. The molecule has 3 rings (SSSR count). The van der Waals surface area contributed by atoms with Gasteiger partial charge < -0.3 is 20.1 Å². The van der Waals surface area contributed by atoms with Crippen molar-refractivity contribution in [2.24, 2.45) is 0 Å².